The minimum absolute atomic E-state index is 0.416. The van der Waals surface area contributed by atoms with Crippen LogP contribution in [0.3, 0.4) is 0 Å². The van der Waals surface area contributed by atoms with E-state index < -0.39 is 0 Å². The van der Waals surface area contributed by atoms with Gasteiger partial charge in [0.2, 0.25) is 0 Å². The standard InChI is InChI=1S/C13H11ClO2S/c14-12-2-1-3-13(11(12)8-15)16-6-4-10-5-7-17-9-10/h1-3,5,7-9H,4,6H2. The van der Waals surface area contributed by atoms with Crippen molar-refractivity contribution in [1.82, 2.24) is 0 Å². The summed E-state index contributed by atoms with van der Waals surface area (Å²) in [5.74, 6) is 0.544. The molecule has 1 aromatic heterocycles. The van der Waals surface area contributed by atoms with E-state index in [4.69, 9.17) is 16.3 Å². The summed E-state index contributed by atoms with van der Waals surface area (Å²) in [5, 5.41) is 4.54. The maximum Gasteiger partial charge on any atom is 0.155 e. The number of thiophene rings is 1. The average molecular weight is 267 g/mol. The average Bonchev–Trinajstić information content (AvgIpc) is 2.82. The lowest BCUT2D eigenvalue weighted by Gasteiger charge is -2.08. The highest BCUT2D eigenvalue weighted by molar-refractivity contribution is 7.07. The zero-order valence-corrected chi connectivity index (χ0v) is 10.6. The second-order valence-electron chi connectivity index (χ2n) is 3.50. The van der Waals surface area contributed by atoms with Gasteiger partial charge in [-0.1, -0.05) is 17.7 Å². The highest BCUT2D eigenvalue weighted by Crippen LogP contribution is 2.24. The van der Waals surface area contributed by atoms with Crippen LogP contribution in [0.5, 0.6) is 5.75 Å². The second kappa shape index (κ2) is 5.84. The van der Waals surface area contributed by atoms with Gasteiger partial charge in [-0.15, -0.1) is 0 Å². The first-order valence-corrected chi connectivity index (χ1v) is 6.51. The van der Waals surface area contributed by atoms with Crippen molar-refractivity contribution >= 4 is 29.2 Å². The molecule has 0 saturated heterocycles. The quantitative estimate of drug-likeness (QED) is 0.769. The van der Waals surface area contributed by atoms with Gasteiger partial charge in [-0.25, -0.2) is 0 Å². The van der Waals surface area contributed by atoms with Gasteiger partial charge in [0.15, 0.2) is 6.29 Å². The molecule has 4 heteroatoms. The van der Waals surface area contributed by atoms with Crippen molar-refractivity contribution in [2.45, 2.75) is 6.42 Å². The molecule has 2 rings (SSSR count). The van der Waals surface area contributed by atoms with Gasteiger partial charge in [0.1, 0.15) is 5.75 Å². The van der Waals surface area contributed by atoms with E-state index in [1.165, 1.54) is 5.56 Å². The molecular weight excluding hydrogens is 256 g/mol. The fourth-order valence-corrected chi connectivity index (χ4v) is 2.38. The van der Waals surface area contributed by atoms with Crippen LogP contribution in [-0.2, 0) is 6.42 Å². The zero-order valence-electron chi connectivity index (χ0n) is 9.06. The predicted octanol–water partition coefficient (Wildman–Crippen LogP) is 3.84. The van der Waals surface area contributed by atoms with Crippen LogP contribution in [-0.4, -0.2) is 12.9 Å². The van der Waals surface area contributed by atoms with Crippen LogP contribution in [0.4, 0.5) is 0 Å². The molecule has 1 aromatic carbocycles. The van der Waals surface area contributed by atoms with Crippen LogP contribution in [0.15, 0.2) is 35.0 Å². The zero-order chi connectivity index (χ0) is 12.1. The maximum atomic E-state index is 10.9. The smallest absolute Gasteiger partial charge is 0.155 e. The predicted molar refractivity (Wildman–Crippen MR) is 70.4 cm³/mol. The van der Waals surface area contributed by atoms with Crippen LogP contribution in [0.2, 0.25) is 5.02 Å². The van der Waals surface area contributed by atoms with E-state index in [9.17, 15) is 4.79 Å². The largest absolute Gasteiger partial charge is 0.492 e. The van der Waals surface area contributed by atoms with Gasteiger partial charge in [0, 0.05) is 6.42 Å². The van der Waals surface area contributed by atoms with Gasteiger partial charge >= 0.3 is 0 Å². The van der Waals surface area contributed by atoms with Crippen LogP contribution >= 0.6 is 22.9 Å². The van der Waals surface area contributed by atoms with Crippen molar-refractivity contribution < 1.29 is 9.53 Å². The molecule has 0 spiro atoms. The Balaban J connectivity index is 1.99. The van der Waals surface area contributed by atoms with E-state index in [1.807, 2.05) is 5.38 Å². The van der Waals surface area contributed by atoms with Crippen molar-refractivity contribution in [2.75, 3.05) is 6.61 Å². The Morgan fingerprint density at radius 3 is 2.94 bits per heavy atom. The summed E-state index contributed by atoms with van der Waals surface area (Å²) in [7, 11) is 0. The molecule has 0 aliphatic carbocycles. The van der Waals surface area contributed by atoms with Crippen molar-refractivity contribution in [1.29, 1.82) is 0 Å². The summed E-state index contributed by atoms with van der Waals surface area (Å²) in [6, 6.07) is 7.27. The fourth-order valence-electron chi connectivity index (χ4n) is 1.47. The summed E-state index contributed by atoms with van der Waals surface area (Å²) >= 11 is 7.56. The number of ether oxygens (including phenoxy) is 1. The van der Waals surface area contributed by atoms with Gasteiger partial charge < -0.3 is 4.74 Å². The van der Waals surface area contributed by atoms with E-state index in [-0.39, 0.29) is 0 Å². The number of hydrogen-bond donors (Lipinski definition) is 0. The fraction of sp³-hybridized carbons (Fsp3) is 0.154. The van der Waals surface area contributed by atoms with E-state index in [1.54, 1.807) is 29.5 Å². The number of halogens is 1. The Labute approximate surface area is 109 Å². The van der Waals surface area contributed by atoms with Crippen LogP contribution in [0.1, 0.15) is 15.9 Å². The van der Waals surface area contributed by atoms with E-state index in [0.717, 1.165) is 12.7 Å². The van der Waals surface area contributed by atoms with Crippen LogP contribution < -0.4 is 4.74 Å². The van der Waals surface area contributed by atoms with Gasteiger partial charge in [0.25, 0.3) is 0 Å². The van der Waals surface area contributed by atoms with Gasteiger partial charge in [-0.2, -0.15) is 11.3 Å². The maximum absolute atomic E-state index is 10.9. The Bertz CT molecular complexity index is 494. The van der Waals surface area contributed by atoms with Crippen LogP contribution in [0, 0.1) is 0 Å². The minimum atomic E-state index is 0.416. The molecule has 0 unspecified atom stereocenters. The Kier molecular flexibility index (Phi) is 4.18. The second-order valence-corrected chi connectivity index (χ2v) is 4.69. The van der Waals surface area contributed by atoms with Gasteiger partial charge in [-0.3, -0.25) is 4.79 Å². The number of carbonyl (C=O) groups is 1. The highest BCUT2D eigenvalue weighted by atomic mass is 35.5. The number of hydrogen-bond acceptors (Lipinski definition) is 3. The third-order valence-electron chi connectivity index (χ3n) is 2.36. The van der Waals surface area contributed by atoms with Crippen molar-refractivity contribution in [3.05, 3.63) is 51.2 Å². The number of benzene rings is 1. The molecule has 0 saturated carbocycles. The molecule has 88 valence electrons. The molecule has 0 fully saturated rings. The third kappa shape index (κ3) is 3.08. The van der Waals surface area contributed by atoms with Crippen molar-refractivity contribution in [3.63, 3.8) is 0 Å². The molecule has 2 aromatic rings. The van der Waals surface area contributed by atoms with E-state index >= 15 is 0 Å². The summed E-state index contributed by atoms with van der Waals surface area (Å²) in [5.41, 5.74) is 1.66. The SMILES string of the molecule is O=Cc1c(Cl)cccc1OCCc1ccsc1. The molecule has 2 nitrogen and oxygen atoms in total. The molecule has 0 aliphatic rings. The molecule has 17 heavy (non-hydrogen) atoms. The monoisotopic (exact) mass is 266 g/mol. The number of rotatable bonds is 5. The Morgan fingerprint density at radius 1 is 1.35 bits per heavy atom. The minimum Gasteiger partial charge on any atom is -0.492 e. The lowest BCUT2D eigenvalue weighted by Crippen LogP contribution is -2.02. The molecule has 0 amide bonds. The van der Waals surface area contributed by atoms with E-state index in [0.29, 0.717) is 22.9 Å². The number of aldehydes is 1. The first-order chi connectivity index (χ1) is 8.31. The molecule has 0 radical (unpaired) electrons. The Hall–Kier alpha value is -1.32. The molecule has 0 aliphatic heterocycles. The van der Waals surface area contributed by atoms with Crippen LogP contribution in [0.25, 0.3) is 0 Å². The molecular formula is C13H11ClO2S. The third-order valence-corrected chi connectivity index (χ3v) is 3.42. The van der Waals surface area contributed by atoms with E-state index in [2.05, 4.69) is 11.4 Å². The highest BCUT2D eigenvalue weighted by Gasteiger charge is 2.06. The normalized spacial score (nSPS) is 10.2. The molecule has 1 heterocycles. The Morgan fingerprint density at radius 2 is 2.24 bits per heavy atom. The summed E-state index contributed by atoms with van der Waals surface area (Å²) in [4.78, 5) is 10.9. The number of carbonyl (C=O) groups excluding carboxylic acids is 1. The summed E-state index contributed by atoms with van der Waals surface area (Å²) < 4.78 is 5.57. The molecule has 0 N–H and O–H groups in total. The first-order valence-electron chi connectivity index (χ1n) is 5.19. The van der Waals surface area contributed by atoms with Crippen molar-refractivity contribution in [3.8, 4) is 5.75 Å². The summed E-state index contributed by atoms with van der Waals surface area (Å²) in [6.45, 7) is 0.540. The lowest BCUT2D eigenvalue weighted by molar-refractivity contribution is 0.112. The van der Waals surface area contributed by atoms with Crippen molar-refractivity contribution in [2.24, 2.45) is 0 Å². The molecule has 0 bridgehead atoms. The first kappa shape index (κ1) is 12.1. The van der Waals surface area contributed by atoms with Gasteiger partial charge in [0.05, 0.1) is 17.2 Å². The topological polar surface area (TPSA) is 26.3 Å². The van der Waals surface area contributed by atoms with Gasteiger partial charge in [-0.05, 0) is 34.5 Å². The lowest BCUT2D eigenvalue weighted by atomic mass is 10.2. The summed E-state index contributed by atoms with van der Waals surface area (Å²) in [6.07, 6.45) is 1.55. The molecule has 0 atom stereocenters.